The third-order valence-electron chi connectivity index (χ3n) is 3.60. The second-order valence-electron chi connectivity index (χ2n) is 5.30. The minimum atomic E-state index is -0.258. The van der Waals surface area contributed by atoms with Gasteiger partial charge in [-0.3, -0.25) is 9.67 Å². The van der Waals surface area contributed by atoms with Crippen molar-refractivity contribution in [2.45, 2.75) is 51.6 Å². The van der Waals surface area contributed by atoms with Gasteiger partial charge in [-0.15, -0.1) is 0 Å². The van der Waals surface area contributed by atoms with Gasteiger partial charge in [0.25, 0.3) is 0 Å². The van der Waals surface area contributed by atoms with Crippen molar-refractivity contribution in [1.82, 2.24) is 14.8 Å². The summed E-state index contributed by atoms with van der Waals surface area (Å²) < 4.78 is 2.53. The van der Waals surface area contributed by atoms with Crippen molar-refractivity contribution in [3.63, 3.8) is 0 Å². The van der Waals surface area contributed by atoms with Gasteiger partial charge in [0, 0.05) is 12.1 Å². The first-order valence-corrected chi connectivity index (χ1v) is 8.03. The maximum absolute atomic E-state index is 10.0. The quantitative estimate of drug-likeness (QED) is 0.576. The van der Waals surface area contributed by atoms with Gasteiger partial charge in [0.2, 0.25) is 0 Å². The lowest BCUT2D eigenvalue weighted by Crippen LogP contribution is -2.10. The first-order chi connectivity index (χ1) is 10.2. The third kappa shape index (κ3) is 4.51. The van der Waals surface area contributed by atoms with Crippen LogP contribution in [-0.4, -0.2) is 26.0 Å². The van der Waals surface area contributed by atoms with Crippen molar-refractivity contribution in [3.05, 3.63) is 40.9 Å². The van der Waals surface area contributed by atoms with Crippen LogP contribution < -0.4 is 0 Å². The predicted molar refractivity (Wildman–Crippen MR) is 87.2 cm³/mol. The largest absolute Gasteiger partial charge is 0.393 e. The van der Waals surface area contributed by atoms with Gasteiger partial charge in [-0.05, 0) is 37.2 Å². The molecule has 0 fully saturated rings. The number of aliphatic hydroxyl groups is 1. The summed E-state index contributed by atoms with van der Waals surface area (Å²) in [5.41, 5.74) is 1.01. The van der Waals surface area contributed by atoms with Crippen LogP contribution in [0.4, 0.5) is 0 Å². The van der Waals surface area contributed by atoms with Crippen LogP contribution >= 0.6 is 12.2 Å². The van der Waals surface area contributed by atoms with Gasteiger partial charge in [-0.2, -0.15) is 5.10 Å². The highest BCUT2D eigenvalue weighted by Gasteiger charge is 2.11. The summed E-state index contributed by atoms with van der Waals surface area (Å²) in [7, 11) is 0. The number of aliphatic hydroxyl groups excluding tert-OH is 1. The van der Waals surface area contributed by atoms with Crippen molar-refractivity contribution in [1.29, 1.82) is 0 Å². The number of hydrogen-bond donors (Lipinski definition) is 2. The van der Waals surface area contributed by atoms with Gasteiger partial charge in [0.05, 0.1) is 6.10 Å². The van der Waals surface area contributed by atoms with Crippen LogP contribution in [0.3, 0.4) is 0 Å². The standard InChI is InChI=1S/C16H23N3OS/c1-2-3-5-10-14(20)11-12-15-17-18-16(21)19(15)13-8-6-4-7-9-13/h4,6-9,14,20H,2-3,5,10-12H2,1H3,(H,18,21)/t14-/m0/s1. The first-order valence-electron chi connectivity index (χ1n) is 7.62. The number of aromatic nitrogens is 3. The second-order valence-corrected chi connectivity index (χ2v) is 5.69. The van der Waals surface area contributed by atoms with E-state index < -0.39 is 0 Å². The molecule has 2 aromatic rings. The van der Waals surface area contributed by atoms with E-state index in [-0.39, 0.29) is 6.10 Å². The van der Waals surface area contributed by atoms with Crippen LogP contribution in [0.1, 0.15) is 44.9 Å². The Balaban J connectivity index is 2.00. The summed E-state index contributed by atoms with van der Waals surface area (Å²) in [6, 6.07) is 9.95. The number of benzene rings is 1. The monoisotopic (exact) mass is 305 g/mol. The van der Waals surface area contributed by atoms with E-state index in [4.69, 9.17) is 12.2 Å². The summed E-state index contributed by atoms with van der Waals surface area (Å²) in [6.45, 7) is 2.17. The number of unbranched alkanes of at least 4 members (excludes halogenated alkanes) is 2. The SMILES string of the molecule is CCCCC[C@H](O)CCc1n[nH]c(=S)n1-c1ccccc1. The van der Waals surface area contributed by atoms with Gasteiger partial charge in [0.15, 0.2) is 4.77 Å². The van der Waals surface area contributed by atoms with Crippen LogP contribution in [0.5, 0.6) is 0 Å². The molecule has 1 aromatic carbocycles. The smallest absolute Gasteiger partial charge is 0.199 e. The van der Waals surface area contributed by atoms with E-state index in [2.05, 4.69) is 17.1 Å². The number of para-hydroxylation sites is 1. The van der Waals surface area contributed by atoms with Gasteiger partial charge in [-0.1, -0.05) is 44.4 Å². The van der Waals surface area contributed by atoms with Gasteiger partial charge < -0.3 is 5.11 Å². The number of nitrogens with one attached hydrogen (secondary N) is 1. The van der Waals surface area contributed by atoms with E-state index in [1.807, 2.05) is 34.9 Å². The maximum atomic E-state index is 10.0. The number of aromatic amines is 1. The van der Waals surface area contributed by atoms with Crippen LogP contribution in [0.15, 0.2) is 30.3 Å². The molecule has 4 nitrogen and oxygen atoms in total. The molecule has 2 rings (SSSR count). The summed E-state index contributed by atoms with van der Waals surface area (Å²) in [5, 5.41) is 17.2. The molecule has 0 radical (unpaired) electrons. The molecule has 5 heteroatoms. The summed E-state index contributed by atoms with van der Waals surface area (Å²) in [4.78, 5) is 0. The molecule has 0 saturated carbocycles. The Bertz CT molecular complexity index is 591. The van der Waals surface area contributed by atoms with Crippen LogP contribution in [0.2, 0.25) is 0 Å². The fraction of sp³-hybridized carbons (Fsp3) is 0.500. The average Bonchev–Trinajstić information content (AvgIpc) is 2.87. The number of hydrogen-bond acceptors (Lipinski definition) is 3. The molecule has 0 aliphatic carbocycles. The van der Waals surface area contributed by atoms with Gasteiger partial charge in [-0.25, -0.2) is 0 Å². The molecule has 0 aliphatic heterocycles. The van der Waals surface area contributed by atoms with Gasteiger partial charge in [0.1, 0.15) is 5.82 Å². The highest BCUT2D eigenvalue weighted by molar-refractivity contribution is 7.71. The molecule has 0 bridgehead atoms. The van der Waals surface area contributed by atoms with Crippen molar-refractivity contribution >= 4 is 12.2 Å². The molecule has 0 amide bonds. The van der Waals surface area contributed by atoms with E-state index in [0.717, 1.165) is 37.2 Å². The predicted octanol–water partition coefficient (Wildman–Crippen LogP) is 3.80. The van der Waals surface area contributed by atoms with Crippen LogP contribution in [0, 0.1) is 4.77 Å². The molecule has 1 aromatic heterocycles. The van der Waals surface area contributed by atoms with E-state index in [9.17, 15) is 5.11 Å². The number of rotatable bonds is 8. The molecular weight excluding hydrogens is 282 g/mol. The Kier molecular flexibility index (Phi) is 6.14. The van der Waals surface area contributed by atoms with E-state index in [1.165, 1.54) is 12.8 Å². The molecule has 0 unspecified atom stereocenters. The normalized spacial score (nSPS) is 12.5. The molecule has 114 valence electrons. The van der Waals surface area contributed by atoms with Crippen molar-refractivity contribution in [2.24, 2.45) is 0 Å². The summed E-state index contributed by atoms with van der Waals surface area (Å²) in [5.74, 6) is 0.876. The molecule has 1 heterocycles. The lowest BCUT2D eigenvalue weighted by Gasteiger charge is -2.11. The topological polar surface area (TPSA) is 53.8 Å². The molecule has 0 spiro atoms. The average molecular weight is 305 g/mol. The number of nitrogens with zero attached hydrogens (tertiary/aromatic N) is 2. The van der Waals surface area contributed by atoms with E-state index in [0.29, 0.717) is 4.77 Å². The second kappa shape index (κ2) is 8.10. The lowest BCUT2D eigenvalue weighted by atomic mass is 10.1. The summed E-state index contributed by atoms with van der Waals surface area (Å²) in [6.07, 6.45) is 5.49. The fourth-order valence-electron chi connectivity index (χ4n) is 2.41. The Morgan fingerprint density at radius 2 is 2.00 bits per heavy atom. The molecule has 1 atom stereocenters. The van der Waals surface area contributed by atoms with Crippen LogP contribution in [-0.2, 0) is 6.42 Å². The third-order valence-corrected chi connectivity index (χ3v) is 3.87. The number of aryl methyl sites for hydroxylation is 1. The minimum Gasteiger partial charge on any atom is -0.393 e. The van der Waals surface area contributed by atoms with E-state index in [1.54, 1.807) is 0 Å². The van der Waals surface area contributed by atoms with Gasteiger partial charge >= 0.3 is 0 Å². The Hall–Kier alpha value is -1.46. The maximum Gasteiger partial charge on any atom is 0.199 e. The Morgan fingerprint density at radius 1 is 1.24 bits per heavy atom. The molecular formula is C16H23N3OS. The van der Waals surface area contributed by atoms with Crippen LogP contribution in [0.25, 0.3) is 5.69 Å². The summed E-state index contributed by atoms with van der Waals surface area (Å²) >= 11 is 5.30. The zero-order chi connectivity index (χ0) is 15.1. The Labute approximate surface area is 130 Å². The van der Waals surface area contributed by atoms with Crippen molar-refractivity contribution in [3.8, 4) is 5.69 Å². The van der Waals surface area contributed by atoms with Crippen molar-refractivity contribution < 1.29 is 5.11 Å². The Morgan fingerprint density at radius 3 is 2.71 bits per heavy atom. The minimum absolute atomic E-state index is 0.258. The molecule has 0 aliphatic rings. The molecule has 2 N–H and O–H groups in total. The molecule has 0 saturated heterocycles. The molecule has 21 heavy (non-hydrogen) atoms. The number of H-pyrrole nitrogens is 1. The zero-order valence-electron chi connectivity index (χ0n) is 12.5. The highest BCUT2D eigenvalue weighted by Crippen LogP contribution is 2.14. The van der Waals surface area contributed by atoms with E-state index >= 15 is 0 Å². The highest BCUT2D eigenvalue weighted by atomic mass is 32.1. The lowest BCUT2D eigenvalue weighted by molar-refractivity contribution is 0.150. The van der Waals surface area contributed by atoms with Crippen molar-refractivity contribution in [2.75, 3.05) is 0 Å². The zero-order valence-corrected chi connectivity index (χ0v) is 13.3. The first kappa shape index (κ1) is 15.9. The fourth-order valence-corrected chi connectivity index (χ4v) is 2.67.